The Morgan fingerprint density at radius 3 is 2.54 bits per heavy atom. The van der Waals surface area contributed by atoms with Crippen molar-refractivity contribution in [2.75, 3.05) is 6.61 Å². The van der Waals surface area contributed by atoms with Crippen LogP contribution in [0.25, 0.3) is 0 Å². The van der Waals surface area contributed by atoms with Crippen molar-refractivity contribution in [2.45, 2.75) is 40.1 Å². The van der Waals surface area contributed by atoms with Crippen LogP contribution in [0.3, 0.4) is 0 Å². The molecule has 0 aromatic rings. The zero-order valence-electron chi connectivity index (χ0n) is 8.74. The van der Waals surface area contributed by atoms with Crippen molar-refractivity contribution in [3.05, 3.63) is 12.2 Å². The van der Waals surface area contributed by atoms with Gasteiger partial charge in [0.15, 0.2) is 12.1 Å². The zero-order chi connectivity index (χ0) is 10.3. The minimum Gasteiger partial charge on any atom is -0.353 e. The van der Waals surface area contributed by atoms with Crippen molar-refractivity contribution in [2.24, 2.45) is 0 Å². The van der Waals surface area contributed by atoms with Crippen molar-refractivity contribution in [3.8, 4) is 0 Å². The molecule has 0 amide bonds. The lowest BCUT2D eigenvalue weighted by Gasteiger charge is -2.16. The van der Waals surface area contributed by atoms with Crippen LogP contribution in [0.5, 0.6) is 0 Å². The molecule has 0 radical (unpaired) electrons. The molecule has 3 heteroatoms. The number of carbonyl (C=O) groups is 1. The van der Waals surface area contributed by atoms with Crippen LogP contribution in [0, 0.1) is 0 Å². The summed E-state index contributed by atoms with van der Waals surface area (Å²) in [6.07, 6.45) is 2.45. The molecule has 0 aliphatic rings. The molecule has 0 aromatic carbocycles. The number of hydrogen-bond acceptors (Lipinski definition) is 3. The topological polar surface area (TPSA) is 35.5 Å². The largest absolute Gasteiger partial charge is 0.353 e. The van der Waals surface area contributed by atoms with E-state index in [0.717, 1.165) is 0 Å². The molecule has 0 aliphatic carbocycles. The number of allylic oxidation sites excluding steroid dienone is 1. The summed E-state index contributed by atoms with van der Waals surface area (Å²) in [7, 11) is 0. The molecule has 0 bridgehead atoms. The van der Waals surface area contributed by atoms with E-state index in [1.54, 1.807) is 26.8 Å². The van der Waals surface area contributed by atoms with Crippen molar-refractivity contribution in [1.29, 1.82) is 0 Å². The first-order valence-electron chi connectivity index (χ1n) is 4.55. The van der Waals surface area contributed by atoms with Crippen LogP contribution < -0.4 is 0 Å². The van der Waals surface area contributed by atoms with Gasteiger partial charge in [-0.2, -0.15) is 0 Å². The van der Waals surface area contributed by atoms with Gasteiger partial charge >= 0.3 is 0 Å². The van der Waals surface area contributed by atoms with Gasteiger partial charge in [0.25, 0.3) is 0 Å². The van der Waals surface area contributed by atoms with E-state index >= 15 is 0 Å². The summed E-state index contributed by atoms with van der Waals surface area (Å²) in [6.45, 7) is 7.78. The van der Waals surface area contributed by atoms with E-state index in [2.05, 4.69) is 0 Å². The molecule has 0 aromatic heterocycles. The van der Waals surface area contributed by atoms with Crippen molar-refractivity contribution < 1.29 is 14.3 Å². The fraction of sp³-hybridized carbons (Fsp3) is 0.700. The van der Waals surface area contributed by atoms with E-state index in [0.29, 0.717) is 6.61 Å². The number of rotatable bonds is 6. The lowest BCUT2D eigenvalue weighted by molar-refractivity contribution is -0.163. The van der Waals surface area contributed by atoms with Crippen molar-refractivity contribution in [1.82, 2.24) is 0 Å². The third-order valence-electron chi connectivity index (χ3n) is 1.53. The Kier molecular flexibility index (Phi) is 6.45. The molecular weight excluding hydrogens is 168 g/mol. The molecule has 0 heterocycles. The summed E-state index contributed by atoms with van der Waals surface area (Å²) in [5.74, 6) is -0.0333. The average Bonchev–Trinajstić information content (AvgIpc) is 2.05. The molecule has 76 valence electrons. The van der Waals surface area contributed by atoms with Crippen LogP contribution in [0.15, 0.2) is 12.2 Å². The molecule has 0 rings (SSSR count). The number of ether oxygens (including phenoxy) is 2. The van der Waals surface area contributed by atoms with E-state index < -0.39 is 6.10 Å². The maximum Gasteiger partial charge on any atom is 0.183 e. The van der Waals surface area contributed by atoms with E-state index in [9.17, 15) is 4.79 Å². The monoisotopic (exact) mass is 186 g/mol. The van der Waals surface area contributed by atoms with Gasteiger partial charge in [0.2, 0.25) is 0 Å². The highest BCUT2D eigenvalue weighted by atomic mass is 16.7. The Hall–Kier alpha value is -0.670. The SMILES string of the molecule is CC=CC(=O)[C@H](C)OC(C)OCC. The summed E-state index contributed by atoms with van der Waals surface area (Å²) >= 11 is 0. The van der Waals surface area contributed by atoms with Crippen molar-refractivity contribution in [3.63, 3.8) is 0 Å². The fourth-order valence-corrected chi connectivity index (χ4v) is 0.928. The highest BCUT2D eigenvalue weighted by Crippen LogP contribution is 2.01. The summed E-state index contributed by atoms with van der Waals surface area (Å²) in [5, 5.41) is 0. The number of carbonyl (C=O) groups excluding carboxylic acids is 1. The first-order chi connectivity index (χ1) is 6.11. The van der Waals surface area contributed by atoms with Crippen LogP contribution in [-0.2, 0) is 14.3 Å². The molecule has 0 spiro atoms. The van der Waals surface area contributed by atoms with E-state index in [1.165, 1.54) is 6.08 Å². The van der Waals surface area contributed by atoms with Gasteiger partial charge in [0.05, 0.1) is 0 Å². The summed E-state index contributed by atoms with van der Waals surface area (Å²) in [6, 6.07) is 0. The minimum atomic E-state index is -0.433. The van der Waals surface area contributed by atoms with Gasteiger partial charge in [-0.15, -0.1) is 0 Å². The molecular formula is C10H18O3. The van der Waals surface area contributed by atoms with Crippen LogP contribution in [0.1, 0.15) is 27.7 Å². The van der Waals surface area contributed by atoms with Gasteiger partial charge in [-0.25, -0.2) is 0 Å². The second kappa shape index (κ2) is 6.80. The predicted molar refractivity (Wildman–Crippen MR) is 51.5 cm³/mol. The van der Waals surface area contributed by atoms with Gasteiger partial charge < -0.3 is 9.47 Å². The molecule has 0 aliphatic heterocycles. The number of hydrogen-bond donors (Lipinski definition) is 0. The van der Waals surface area contributed by atoms with Crippen LogP contribution in [-0.4, -0.2) is 24.8 Å². The Labute approximate surface area is 79.7 Å². The molecule has 0 fully saturated rings. The van der Waals surface area contributed by atoms with Gasteiger partial charge in [-0.1, -0.05) is 6.08 Å². The highest BCUT2D eigenvalue weighted by molar-refractivity contribution is 5.93. The second-order valence-electron chi connectivity index (χ2n) is 2.70. The average molecular weight is 186 g/mol. The van der Waals surface area contributed by atoms with Crippen LogP contribution in [0.2, 0.25) is 0 Å². The molecule has 1 unspecified atom stereocenters. The quantitative estimate of drug-likeness (QED) is 0.469. The maximum atomic E-state index is 11.2. The van der Waals surface area contributed by atoms with E-state index in [4.69, 9.17) is 9.47 Å². The smallest absolute Gasteiger partial charge is 0.183 e. The Morgan fingerprint density at radius 1 is 1.46 bits per heavy atom. The minimum absolute atomic E-state index is 0.0333. The lowest BCUT2D eigenvalue weighted by atomic mass is 10.2. The summed E-state index contributed by atoms with van der Waals surface area (Å²) in [5.41, 5.74) is 0. The lowest BCUT2D eigenvalue weighted by Crippen LogP contribution is -2.25. The molecule has 0 saturated carbocycles. The van der Waals surface area contributed by atoms with Gasteiger partial charge in [0.1, 0.15) is 6.10 Å². The standard InChI is InChI=1S/C10H18O3/c1-5-7-10(11)8(3)13-9(4)12-6-2/h5,7-9H,6H2,1-4H3/t8-,9?/m0/s1. The predicted octanol–water partition coefficient (Wildman–Crippen LogP) is 1.92. The fourth-order valence-electron chi connectivity index (χ4n) is 0.928. The normalized spacial score (nSPS) is 16.0. The highest BCUT2D eigenvalue weighted by Gasteiger charge is 2.13. The van der Waals surface area contributed by atoms with Crippen LogP contribution in [0.4, 0.5) is 0 Å². The zero-order valence-corrected chi connectivity index (χ0v) is 8.74. The molecule has 0 N–H and O–H groups in total. The first-order valence-corrected chi connectivity index (χ1v) is 4.55. The van der Waals surface area contributed by atoms with E-state index in [-0.39, 0.29) is 12.1 Å². The molecule has 0 saturated heterocycles. The van der Waals surface area contributed by atoms with Crippen molar-refractivity contribution >= 4 is 5.78 Å². The Bertz CT molecular complexity index is 175. The van der Waals surface area contributed by atoms with Gasteiger partial charge in [-0.05, 0) is 33.8 Å². The third kappa shape index (κ3) is 5.55. The van der Waals surface area contributed by atoms with E-state index in [1.807, 2.05) is 6.92 Å². The van der Waals surface area contributed by atoms with Crippen LogP contribution >= 0.6 is 0 Å². The maximum absolute atomic E-state index is 11.2. The molecule has 13 heavy (non-hydrogen) atoms. The molecule has 2 atom stereocenters. The Morgan fingerprint density at radius 2 is 2.08 bits per heavy atom. The second-order valence-corrected chi connectivity index (χ2v) is 2.70. The Balaban J connectivity index is 3.84. The van der Waals surface area contributed by atoms with Gasteiger partial charge in [0, 0.05) is 6.61 Å². The summed E-state index contributed by atoms with van der Waals surface area (Å²) < 4.78 is 10.4. The van der Waals surface area contributed by atoms with Gasteiger partial charge in [-0.3, -0.25) is 4.79 Å². The first kappa shape index (κ1) is 12.3. The summed E-state index contributed by atoms with van der Waals surface area (Å²) in [4.78, 5) is 11.2. The number of ketones is 1. The third-order valence-corrected chi connectivity index (χ3v) is 1.53. The molecule has 3 nitrogen and oxygen atoms in total.